The number of aryl methyl sites for hydroxylation is 1. The summed E-state index contributed by atoms with van der Waals surface area (Å²) in [5.41, 5.74) is 3.34. The topological polar surface area (TPSA) is 62.3 Å². The van der Waals surface area contributed by atoms with Crippen LogP contribution in [-0.4, -0.2) is 34.8 Å². The van der Waals surface area contributed by atoms with Crippen molar-refractivity contribution in [1.29, 1.82) is 0 Å². The zero-order valence-corrected chi connectivity index (χ0v) is 19.7. The zero-order valence-electron chi connectivity index (χ0n) is 17.3. The summed E-state index contributed by atoms with van der Waals surface area (Å²) >= 11 is 13.7. The lowest BCUT2D eigenvalue weighted by molar-refractivity contribution is -0.133. The smallest absolute Gasteiger partial charge is 0.244 e. The molecule has 0 aliphatic carbocycles. The van der Waals surface area contributed by atoms with Gasteiger partial charge in [0, 0.05) is 17.5 Å². The SMILES string of the molecule is CCc1ccc(-c2nc(CC(=O)N(CC)CC(=O)Nc3c(Cl)cccc3Cl)cs2)cc1. The zero-order chi connectivity index (χ0) is 22.4. The molecule has 8 heteroatoms. The van der Waals surface area contributed by atoms with Crippen molar-refractivity contribution in [2.24, 2.45) is 0 Å². The number of hydrogen-bond acceptors (Lipinski definition) is 4. The van der Waals surface area contributed by atoms with E-state index >= 15 is 0 Å². The van der Waals surface area contributed by atoms with Crippen LogP contribution in [0.3, 0.4) is 0 Å². The van der Waals surface area contributed by atoms with Gasteiger partial charge in [0.15, 0.2) is 0 Å². The van der Waals surface area contributed by atoms with E-state index in [1.807, 2.05) is 24.4 Å². The Bertz CT molecular complexity index is 1050. The fourth-order valence-corrected chi connectivity index (χ4v) is 4.33. The predicted octanol–water partition coefficient (Wildman–Crippen LogP) is 5.71. The van der Waals surface area contributed by atoms with Crippen molar-refractivity contribution >= 4 is 52.0 Å². The fourth-order valence-electron chi connectivity index (χ4n) is 3.02. The number of rotatable bonds is 8. The van der Waals surface area contributed by atoms with Crippen molar-refractivity contribution < 1.29 is 9.59 Å². The minimum absolute atomic E-state index is 0.0909. The highest BCUT2D eigenvalue weighted by atomic mass is 35.5. The van der Waals surface area contributed by atoms with Crippen LogP contribution in [0.4, 0.5) is 5.69 Å². The van der Waals surface area contributed by atoms with E-state index in [0.29, 0.717) is 28.0 Å². The largest absolute Gasteiger partial charge is 0.333 e. The molecular weight excluding hydrogens is 453 g/mol. The van der Waals surface area contributed by atoms with E-state index in [1.165, 1.54) is 21.8 Å². The number of thiazole rings is 1. The molecule has 31 heavy (non-hydrogen) atoms. The van der Waals surface area contributed by atoms with Crippen LogP contribution in [0.25, 0.3) is 10.6 Å². The summed E-state index contributed by atoms with van der Waals surface area (Å²) in [6.07, 6.45) is 1.12. The molecule has 0 atom stereocenters. The minimum Gasteiger partial charge on any atom is -0.333 e. The first-order valence-electron chi connectivity index (χ1n) is 9.96. The Hall–Kier alpha value is -2.41. The number of carbonyl (C=O) groups is 2. The fraction of sp³-hybridized carbons (Fsp3) is 0.261. The predicted molar refractivity (Wildman–Crippen MR) is 128 cm³/mol. The van der Waals surface area contributed by atoms with Crippen molar-refractivity contribution in [1.82, 2.24) is 9.88 Å². The van der Waals surface area contributed by atoms with Gasteiger partial charge in [0.25, 0.3) is 0 Å². The number of anilines is 1. The first-order chi connectivity index (χ1) is 14.9. The number of amides is 2. The summed E-state index contributed by atoms with van der Waals surface area (Å²) in [7, 11) is 0. The first-order valence-corrected chi connectivity index (χ1v) is 11.6. The molecule has 0 saturated carbocycles. The first kappa shape index (κ1) is 23.3. The molecule has 1 aromatic heterocycles. The number of nitrogens with zero attached hydrogens (tertiary/aromatic N) is 2. The molecule has 0 fully saturated rings. The maximum atomic E-state index is 12.8. The van der Waals surface area contributed by atoms with Crippen molar-refractivity contribution in [2.75, 3.05) is 18.4 Å². The van der Waals surface area contributed by atoms with Gasteiger partial charge in [-0.2, -0.15) is 0 Å². The molecule has 0 unspecified atom stereocenters. The van der Waals surface area contributed by atoms with Crippen LogP contribution in [0.1, 0.15) is 25.1 Å². The van der Waals surface area contributed by atoms with Gasteiger partial charge < -0.3 is 10.2 Å². The molecule has 0 aliphatic rings. The lowest BCUT2D eigenvalue weighted by atomic mass is 10.1. The normalized spacial score (nSPS) is 10.7. The summed E-state index contributed by atoms with van der Waals surface area (Å²) in [6.45, 7) is 4.25. The third-order valence-electron chi connectivity index (χ3n) is 4.79. The highest BCUT2D eigenvalue weighted by molar-refractivity contribution is 7.13. The Labute approximate surface area is 196 Å². The number of likely N-dealkylation sites (N-methyl/N-ethyl adjacent to an activating group) is 1. The molecule has 2 aromatic carbocycles. The van der Waals surface area contributed by atoms with Crippen LogP contribution >= 0.6 is 34.5 Å². The highest BCUT2D eigenvalue weighted by Crippen LogP contribution is 2.29. The number of para-hydroxylation sites is 1. The molecule has 162 valence electrons. The Morgan fingerprint density at radius 2 is 1.74 bits per heavy atom. The molecule has 1 heterocycles. The van der Waals surface area contributed by atoms with Crippen LogP contribution in [-0.2, 0) is 22.4 Å². The third kappa shape index (κ3) is 6.06. The van der Waals surface area contributed by atoms with Gasteiger partial charge in [0.05, 0.1) is 34.4 Å². The maximum absolute atomic E-state index is 12.8. The molecule has 0 aliphatic heterocycles. The van der Waals surface area contributed by atoms with Gasteiger partial charge >= 0.3 is 0 Å². The number of benzene rings is 2. The van der Waals surface area contributed by atoms with Crippen molar-refractivity contribution in [2.45, 2.75) is 26.7 Å². The van der Waals surface area contributed by atoms with Gasteiger partial charge in [-0.3, -0.25) is 9.59 Å². The second-order valence-corrected chi connectivity index (χ2v) is 8.60. The average molecular weight is 476 g/mol. The molecule has 0 saturated heterocycles. The van der Waals surface area contributed by atoms with Gasteiger partial charge in [-0.25, -0.2) is 4.98 Å². The summed E-state index contributed by atoms with van der Waals surface area (Å²) in [4.78, 5) is 31.3. The summed E-state index contributed by atoms with van der Waals surface area (Å²) in [6, 6.07) is 13.2. The number of halogens is 2. The molecule has 1 N–H and O–H groups in total. The molecular formula is C23H23Cl2N3O2S. The number of nitrogens with one attached hydrogen (secondary N) is 1. The van der Waals surface area contributed by atoms with Gasteiger partial charge in [-0.15, -0.1) is 11.3 Å². The Balaban J connectivity index is 1.62. The summed E-state index contributed by atoms with van der Waals surface area (Å²) in [5, 5.41) is 6.14. The second kappa shape index (κ2) is 10.8. The van der Waals surface area contributed by atoms with E-state index in [-0.39, 0.29) is 24.8 Å². The van der Waals surface area contributed by atoms with E-state index in [0.717, 1.165) is 17.0 Å². The van der Waals surface area contributed by atoms with Crippen LogP contribution in [0, 0.1) is 0 Å². The molecule has 3 rings (SSSR count). The van der Waals surface area contributed by atoms with Crippen molar-refractivity contribution in [3.8, 4) is 10.6 Å². The van der Waals surface area contributed by atoms with E-state index in [4.69, 9.17) is 23.2 Å². The highest BCUT2D eigenvalue weighted by Gasteiger charge is 2.19. The quantitative estimate of drug-likeness (QED) is 0.453. The molecule has 0 bridgehead atoms. The van der Waals surface area contributed by atoms with Gasteiger partial charge in [0.2, 0.25) is 11.8 Å². The van der Waals surface area contributed by atoms with Gasteiger partial charge in [0.1, 0.15) is 5.01 Å². The van der Waals surface area contributed by atoms with Gasteiger partial charge in [-0.1, -0.05) is 60.5 Å². The lowest BCUT2D eigenvalue weighted by Crippen LogP contribution is -2.38. The van der Waals surface area contributed by atoms with E-state index in [9.17, 15) is 9.59 Å². The maximum Gasteiger partial charge on any atom is 0.244 e. The molecule has 2 amide bonds. The monoisotopic (exact) mass is 475 g/mol. The summed E-state index contributed by atoms with van der Waals surface area (Å²) in [5.74, 6) is -0.527. The third-order valence-corrected chi connectivity index (χ3v) is 6.36. The Kier molecular flexibility index (Phi) is 8.07. The van der Waals surface area contributed by atoms with Crippen molar-refractivity contribution in [3.63, 3.8) is 0 Å². The second-order valence-electron chi connectivity index (χ2n) is 6.92. The van der Waals surface area contributed by atoms with Crippen LogP contribution in [0.5, 0.6) is 0 Å². The number of hydrogen-bond donors (Lipinski definition) is 1. The molecule has 0 spiro atoms. The van der Waals surface area contributed by atoms with Crippen LogP contribution < -0.4 is 5.32 Å². The number of aromatic nitrogens is 1. The average Bonchev–Trinajstić information content (AvgIpc) is 3.23. The van der Waals surface area contributed by atoms with Crippen molar-refractivity contribution in [3.05, 3.63) is 69.1 Å². The molecule has 3 aromatic rings. The number of carbonyl (C=O) groups excluding carboxylic acids is 2. The Morgan fingerprint density at radius 1 is 1.06 bits per heavy atom. The van der Waals surface area contributed by atoms with Crippen LogP contribution in [0.15, 0.2) is 47.8 Å². The standard InChI is InChI=1S/C23H23Cl2N3O2S/c1-3-15-8-10-16(11-9-15)23-26-17(14-31-23)12-21(30)28(4-2)13-20(29)27-22-18(24)6-5-7-19(22)25/h5-11,14H,3-4,12-13H2,1-2H3,(H,27,29). The lowest BCUT2D eigenvalue weighted by Gasteiger charge is -2.20. The molecule has 5 nitrogen and oxygen atoms in total. The van der Waals surface area contributed by atoms with E-state index in [2.05, 4.69) is 29.4 Å². The van der Waals surface area contributed by atoms with Crippen LogP contribution in [0.2, 0.25) is 10.0 Å². The van der Waals surface area contributed by atoms with Gasteiger partial charge in [-0.05, 0) is 31.0 Å². The summed E-state index contributed by atoms with van der Waals surface area (Å²) < 4.78 is 0. The molecule has 0 radical (unpaired) electrons. The van der Waals surface area contributed by atoms with E-state index < -0.39 is 0 Å². The Morgan fingerprint density at radius 3 is 2.35 bits per heavy atom. The van der Waals surface area contributed by atoms with E-state index in [1.54, 1.807) is 18.2 Å². The minimum atomic E-state index is -0.361.